The fraction of sp³-hybridized carbons (Fsp3) is 0.455. The summed E-state index contributed by atoms with van der Waals surface area (Å²) >= 11 is 0. The van der Waals surface area contributed by atoms with E-state index in [-0.39, 0.29) is 0 Å². The second-order valence-electron chi connectivity index (χ2n) is 3.67. The van der Waals surface area contributed by atoms with E-state index in [4.69, 9.17) is 0 Å². The molecule has 4 nitrogen and oxygen atoms in total. The molecule has 0 aromatic heterocycles. The molecule has 1 aromatic carbocycles. The van der Waals surface area contributed by atoms with Crippen LogP contribution < -0.4 is 10.0 Å². The molecule has 1 aromatic rings. The van der Waals surface area contributed by atoms with Gasteiger partial charge in [-0.1, -0.05) is 19.1 Å². The van der Waals surface area contributed by atoms with Gasteiger partial charge in [0.25, 0.3) is 0 Å². The van der Waals surface area contributed by atoms with Gasteiger partial charge in [-0.3, -0.25) is 4.72 Å². The monoisotopic (exact) mass is 242 g/mol. The molecule has 0 atom stereocenters. The van der Waals surface area contributed by atoms with E-state index >= 15 is 0 Å². The third-order valence-electron chi connectivity index (χ3n) is 2.10. The van der Waals surface area contributed by atoms with Gasteiger partial charge in [0.05, 0.1) is 6.26 Å². The Hall–Kier alpha value is -1.07. The van der Waals surface area contributed by atoms with E-state index < -0.39 is 10.0 Å². The minimum atomic E-state index is -3.17. The molecule has 90 valence electrons. The molecule has 0 heterocycles. The van der Waals surface area contributed by atoms with Crippen molar-refractivity contribution in [3.8, 4) is 0 Å². The largest absolute Gasteiger partial charge is 0.317 e. The molecule has 0 aliphatic carbocycles. The quantitative estimate of drug-likeness (QED) is 0.737. The average Bonchev–Trinajstić information content (AvgIpc) is 2.19. The van der Waals surface area contributed by atoms with Crippen LogP contribution in [0.25, 0.3) is 0 Å². The van der Waals surface area contributed by atoms with Gasteiger partial charge in [-0.15, -0.1) is 0 Å². The molecule has 1 rings (SSSR count). The number of benzene rings is 1. The van der Waals surface area contributed by atoms with Crippen LogP contribution in [-0.4, -0.2) is 27.8 Å². The van der Waals surface area contributed by atoms with Crippen LogP contribution in [-0.2, 0) is 16.4 Å². The smallest absolute Gasteiger partial charge is 0.229 e. The number of likely N-dealkylation sites (N-methyl/N-ethyl adjacent to an activating group) is 1. The minimum absolute atomic E-state index is 0.606. The Morgan fingerprint density at radius 2 is 1.81 bits per heavy atom. The molecule has 0 radical (unpaired) electrons. The van der Waals surface area contributed by atoms with Crippen LogP contribution in [0.1, 0.15) is 12.5 Å². The van der Waals surface area contributed by atoms with Crippen molar-refractivity contribution in [2.75, 3.05) is 24.1 Å². The summed E-state index contributed by atoms with van der Waals surface area (Å²) in [5, 5.41) is 3.24. The van der Waals surface area contributed by atoms with Crippen LogP contribution in [0.2, 0.25) is 0 Å². The zero-order valence-corrected chi connectivity index (χ0v) is 10.5. The second-order valence-corrected chi connectivity index (χ2v) is 5.42. The fourth-order valence-electron chi connectivity index (χ4n) is 1.36. The van der Waals surface area contributed by atoms with Gasteiger partial charge in [-0.2, -0.15) is 0 Å². The summed E-state index contributed by atoms with van der Waals surface area (Å²) in [5.74, 6) is 0. The molecule has 5 heteroatoms. The molecular formula is C11H18N2O2S. The van der Waals surface area contributed by atoms with E-state index in [0.29, 0.717) is 5.69 Å². The Kier molecular flexibility index (Phi) is 4.76. The third kappa shape index (κ3) is 5.14. The van der Waals surface area contributed by atoms with Gasteiger partial charge < -0.3 is 5.32 Å². The SMILES string of the molecule is CCNCCc1ccc(NS(C)(=O)=O)cc1. The zero-order chi connectivity index (χ0) is 12.0. The van der Waals surface area contributed by atoms with E-state index in [1.807, 2.05) is 12.1 Å². The lowest BCUT2D eigenvalue weighted by molar-refractivity contribution is 0.607. The Labute approximate surface area is 97.1 Å². The predicted molar refractivity (Wildman–Crippen MR) is 67.2 cm³/mol. The maximum absolute atomic E-state index is 11.0. The van der Waals surface area contributed by atoms with Gasteiger partial charge in [-0.25, -0.2) is 8.42 Å². The first-order valence-electron chi connectivity index (χ1n) is 5.28. The van der Waals surface area contributed by atoms with Crippen molar-refractivity contribution in [3.63, 3.8) is 0 Å². The maximum atomic E-state index is 11.0. The molecule has 2 N–H and O–H groups in total. The molecular weight excluding hydrogens is 224 g/mol. The molecule has 0 bridgehead atoms. The first-order chi connectivity index (χ1) is 7.51. The minimum Gasteiger partial charge on any atom is -0.317 e. The number of hydrogen-bond donors (Lipinski definition) is 2. The van der Waals surface area contributed by atoms with Crippen LogP contribution in [0.5, 0.6) is 0 Å². The summed E-state index contributed by atoms with van der Waals surface area (Å²) in [6, 6.07) is 7.43. The highest BCUT2D eigenvalue weighted by atomic mass is 32.2. The average molecular weight is 242 g/mol. The standard InChI is InChI=1S/C11H18N2O2S/c1-3-12-9-8-10-4-6-11(7-5-10)13-16(2,14)15/h4-7,12-13H,3,8-9H2,1-2H3. The van der Waals surface area contributed by atoms with E-state index in [1.165, 1.54) is 5.56 Å². The summed E-state index contributed by atoms with van der Waals surface area (Å²) in [6.45, 7) is 3.97. The molecule has 0 unspecified atom stereocenters. The highest BCUT2D eigenvalue weighted by Crippen LogP contribution is 2.10. The van der Waals surface area contributed by atoms with Gasteiger partial charge in [-0.05, 0) is 37.2 Å². The number of hydrogen-bond acceptors (Lipinski definition) is 3. The van der Waals surface area contributed by atoms with Gasteiger partial charge in [0, 0.05) is 5.69 Å². The first kappa shape index (κ1) is 13.0. The highest BCUT2D eigenvalue weighted by Gasteiger charge is 2.01. The second kappa shape index (κ2) is 5.86. The Balaban J connectivity index is 2.54. The summed E-state index contributed by atoms with van der Waals surface area (Å²) in [4.78, 5) is 0. The molecule has 16 heavy (non-hydrogen) atoms. The maximum Gasteiger partial charge on any atom is 0.229 e. The van der Waals surface area contributed by atoms with E-state index in [0.717, 1.165) is 25.8 Å². The van der Waals surface area contributed by atoms with Crippen molar-refractivity contribution >= 4 is 15.7 Å². The third-order valence-corrected chi connectivity index (χ3v) is 2.70. The molecule has 0 saturated heterocycles. The van der Waals surface area contributed by atoms with Crippen molar-refractivity contribution in [1.82, 2.24) is 5.32 Å². The predicted octanol–water partition coefficient (Wildman–Crippen LogP) is 1.21. The van der Waals surface area contributed by atoms with Crippen molar-refractivity contribution in [2.45, 2.75) is 13.3 Å². The summed E-state index contributed by atoms with van der Waals surface area (Å²) in [6.07, 6.45) is 2.10. The molecule has 0 fully saturated rings. The number of anilines is 1. The zero-order valence-electron chi connectivity index (χ0n) is 9.66. The van der Waals surface area contributed by atoms with Crippen LogP contribution in [0.15, 0.2) is 24.3 Å². The number of sulfonamides is 1. The number of nitrogens with one attached hydrogen (secondary N) is 2. The lowest BCUT2D eigenvalue weighted by Crippen LogP contribution is -2.16. The van der Waals surface area contributed by atoms with Crippen molar-refractivity contribution in [3.05, 3.63) is 29.8 Å². The van der Waals surface area contributed by atoms with Crippen LogP contribution >= 0.6 is 0 Å². The van der Waals surface area contributed by atoms with Crippen LogP contribution in [0, 0.1) is 0 Å². The topological polar surface area (TPSA) is 58.2 Å². The molecule has 0 amide bonds. The summed E-state index contributed by atoms with van der Waals surface area (Å²) in [7, 11) is -3.17. The summed E-state index contributed by atoms with van der Waals surface area (Å²) < 4.78 is 24.4. The normalized spacial score (nSPS) is 11.4. The van der Waals surface area contributed by atoms with E-state index in [2.05, 4.69) is 17.0 Å². The van der Waals surface area contributed by atoms with Gasteiger partial charge in [0.2, 0.25) is 10.0 Å². The van der Waals surface area contributed by atoms with Crippen LogP contribution in [0.3, 0.4) is 0 Å². The Morgan fingerprint density at radius 1 is 1.19 bits per heavy atom. The fourth-order valence-corrected chi connectivity index (χ4v) is 1.93. The van der Waals surface area contributed by atoms with Gasteiger partial charge in [0.15, 0.2) is 0 Å². The lowest BCUT2D eigenvalue weighted by Gasteiger charge is -2.05. The first-order valence-corrected chi connectivity index (χ1v) is 7.18. The van der Waals surface area contributed by atoms with Crippen molar-refractivity contribution in [2.24, 2.45) is 0 Å². The van der Waals surface area contributed by atoms with E-state index in [9.17, 15) is 8.42 Å². The summed E-state index contributed by atoms with van der Waals surface area (Å²) in [5.41, 5.74) is 1.80. The lowest BCUT2D eigenvalue weighted by atomic mass is 10.1. The Morgan fingerprint density at radius 3 is 2.31 bits per heavy atom. The van der Waals surface area contributed by atoms with Gasteiger partial charge >= 0.3 is 0 Å². The molecule has 0 saturated carbocycles. The molecule has 0 aliphatic rings. The molecule has 0 spiro atoms. The van der Waals surface area contributed by atoms with Crippen LogP contribution in [0.4, 0.5) is 5.69 Å². The Bertz CT molecular complexity index is 412. The van der Waals surface area contributed by atoms with E-state index in [1.54, 1.807) is 12.1 Å². The number of rotatable bonds is 6. The van der Waals surface area contributed by atoms with Gasteiger partial charge in [0.1, 0.15) is 0 Å². The van der Waals surface area contributed by atoms with Crippen molar-refractivity contribution < 1.29 is 8.42 Å². The van der Waals surface area contributed by atoms with Crippen molar-refractivity contribution in [1.29, 1.82) is 0 Å². The molecule has 0 aliphatic heterocycles. The highest BCUT2D eigenvalue weighted by molar-refractivity contribution is 7.92.